The number of carbonyl (C=O) groups is 1. The van der Waals surface area contributed by atoms with Crippen LogP contribution >= 0.6 is 0 Å². The highest BCUT2D eigenvalue weighted by Crippen LogP contribution is 2.16. The first-order chi connectivity index (χ1) is 8.17. The molecule has 4 nitrogen and oxygen atoms in total. The predicted octanol–water partition coefficient (Wildman–Crippen LogP) is 0.949. The lowest BCUT2D eigenvalue weighted by atomic mass is 9.98. The number of rotatable bonds is 6. The Morgan fingerprint density at radius 1 is 1.41 bits per heavy atom. The van der Waals surface area contributed by atoms with E-state index in [4.69, 9.17) is 5.11 Å². The van der Waals surface area contributed by atoms with Crippen LogP contribution in [-0.4, -0.2) is 60.6 Å². The fourth-order valence-electron chi connectivity index (χ4n) is 2.16. The summed E-state index contributed by atoms with van der Waals surface area (Å²) in [4.78, 5) is 15.9. The molecule has 1 amide bonds. The van der Waals surface area contributed by atoms with E-state index in [1.807, 2.05) is 11.9 Å². The summed E-state index contributed by atoms with van der Waals surface area (Å²) in [5.74, 6) is 0.667. The topological polar surface area (TPSA) is 43.8 Å². The van der Waals surface area contributed by atoms with Crippen LogP contribution in [0, 0.1) is 5.92 Å². The first kappa shape index (κ1) is 14.5. The van der Waals surface area contributed by atoms with Gasteiger partial charge in [-0.1, -0.05) is 13.3 Å². The monoisotopic (exact) mass is 242 g/mol. The highest BCUT2D eigenvalue weighted by molar-refractivity contribution is 5.77. The molecule has 0 spiro atoms. The average molecular weight is 242 g/mol. The summed E-state index contributed by atoms with van der Waals surface area (Å²) in [6.07, 6.45) is 4.24. The standard InChI is InChI=1S/C13H26N2O2/c1-3-4-7-14(2)13(17)10-15-8-5-12(11-16)6-9-15/h12,16H,3-11H2,1-2H3. The molecule has 1 aliphatic heterocycles. The molecule has 1 heterocycles. The molecule has 1 rings (SSSR count). The van der Waals surface area contributed by atoms with Crippen LogP contribution in [0.4, 0.5) is 0 Å². The van der Waals surface area contributed by atoms with Gasteiger partial charge in [-0.25, -0.2) is 0 Å². The zero-order valence-corrected chi connectivity index (χ0v) is 11.2. The van der Waals surface area contributed by atoms with Gasteiger partial charge in [0.25, 0.3) is 0 Å². The van der Waals surface area contributed by atoms with Gasteiger partial charge in [0.1, 0.15) is 0 Å². The minimum Gasteiger partial charge on any atom is -0.396 e. The molecule has 0 unspecified atom stereocenters. The molecule has 100 valence electrons. The molecule has 1 fully saturated rings. The molecule has 17 heavy (non-hydrogen) atoms. The highest BCUT2D eigenvalue weighted by atomic mass is 16.3. The van der Waals surface area contributed by atoms with E-state index < -0.39 is 0 Å². The molecular weight excluding hydrogens is 216 g/mol. The van der Waals surface area contributed by atoms with Crippen LogP contribution in [0.1, 0.15) is 32.6 Å². The average Bonchev–Trinajstić information content (AvgIpc) is 2.36. The first-order valence-corrected chi connectivity index (χ1v) is 6.74. The van der Waals surface area contributed by atoms with Crippen molar-refractivity contribution in [1.29, 1.82) is 0 Å². The smallest absolute Gasteiger partial charge is 0.236 e. The van der Waals surface area contributed by atoms with Crippen molar-refractivity contribution >= 4 is 5.91 Å². The van der Waals surface area contributed by atoms with Crippen molar-refractivity contribution in [3.63, 3.8) is 0 Å². The highest BCUT2D eigenvalue weighted by Gasteiger charge is 2.21. The third kappa shape index (κ3) is 5.04. The summed E-state index contributed by atoms with van der Waals surface area (Å²) in [6, 6.07) is 0. The van der Waals surface area contributed by atoms with Crippen LogP contribution < -0.4 is 0 Å². The molecule has 0 saturated carbocycles. The molecule has 0 radical (unpaired) electrons. The lowest BCUT2D eigenvalue weighted by Crippen LogP contribution is -2.42. The van der Waals surface area contributed by atoms with Crippen molar-refractivity contribution in [3.05, 3.63) is 0 Å². The van der Waals surface area contributed by atoms with Gasteiger partial charge in [0.05, 0.1) is 6.54 Å². The third-order valence-electron chi connectivity index (χ3n) is 3.60. The Morgan fingerprint density at radius 2 is 2.06 bits per heavy atom. The summed E-state index contributed by atoms with van der Waals surface area (Å²) in [5.41, 5.74) is 0. The van der Waals surface area contributed by atoms with Crippen LogP contribution in [0.5, 0.6) is 0 Å². The van der Waals surface area contributed by atoms with Crippen LogP contribution in [-0.2, 0) is 4.79 Å². The number of hydrogen-bond donors (Lipinski definition) is 1. The molecule has 1 saturated heterocycles. The fourth-order valence-corrected chi connectivity index (χ4v) is 2.16. The summed E-state index contributed by atoms with van der Waals surface area (Å²) in [5, 5.41) is 9.05. The maximum atomic E-state index is 11.9. The minimum absolute atomic E-state index is 0.223. The van der Waals surface area contributed by atoms with Crippen LogP contribution in [0.3, 0.4) is 0 Å². The van der Waals surface area contributed by atoms with Crippen molar-refractivity contribution < 1.29 is 9.90 Å². The summed E-state index contributed by atoms with van der Waals surface area (Å²) >= 11 is 0. The quantitative estimate of drug-likeness (QED) is 0.754. The number of aliphatic hydroxyl groups is 1. The third-order valence-corrected chi connectivity index (χ3v) is 3.60. The lowest BCUT2D eigenvalue weighted by Gasteiger charge is -2.31. The number of nitrogens with zero attached hydrogens (tertiary/aromatic N) is 2. The number of amides is 1. The van der Waals surface area contributed by atoms with Crippen LogP contribution in [0.25, 0.3) is 0 Å². The molecule has 0 bridgehead atoms. The molecule has 0 aliphatic carbocycles. The Morgan fingerprint density at radius 3 is 2.59 bits per heavy atom. The number of likely N-dealkylation sites (tertiary alicyclic amines) is 1. The number of likely N-dealkylation sites (N-methyl/N-ethyl adjacent to an activating group) is 1. The van der Waals surface area contributed by atoms with Crippen molar-refractivity contribution in [1.82, 2.24) is 9.80 Å². The molecular formula is C13H26N2O2. The van der Waals surface area contributed by atoms with E-state index in [0.717, 1.165) is 45.3 Å². The van der Waals surface area contributed by atoms with E-state index in [2.05, 4.69) is 11.8 Å². The summed E-state index contributed by atoms with van der Waals surface area (Å²) in [6.45, 7) is 5.72. The van der Waals surface area contributed by atoms with Crippen molar-refractivity contribution in [2.45, 2.75) is 32.6 Å². The maximum absolute atomic E-state index is 11.9. The Labute approximate surface area is 105 Å². The minimum atomic E-state index is 0.223. The zero-order chi connectivity index (χ0) is 12.7. The van der Waals surface area contributed by atoms with Crippen molar-refractivity contribution in [3.8, 4) is 0 Å². The van der Waals surface area contributed by atoms with Gasteiger partial charge in [0.15, 0.2) is 0 Å². The molecule has 4 heteroatoms. The molecule has 0 atom stereocenters. The van der Waals surface area contributed by atoms with E-state index in [-0.39, 0.29) is 12.5 Å². The molecule has 0 aromatic carbocycles. The molecule has 1 aliphatic rings. The van der Waals surface area contributed by atoms with Gasteiger partial charge in [-0.3, -0.25) is 9.69 Å². The fraction of sp³-hybridized carbons (Fsp3) is 0.923. The second-order valence-electron chi connectivity index (χ2n) is 5.07. The van der Waals surface area contributed by atoms with Gasteiger partial charge in [0, 0.05) is 20.2 Å². The van der Waals surface area contributed by atoms with Gasteiger partial charge in [-0.05, 0) is 38.3 Å². The summed E-state index contributed by atoms with van der Waals surface area (Å²) < 4.78 is 0. The Hall–Kier alpha value is -0.610. The van der Waals surface area contributed by atoms with Gasteiger partial charge in [0.2, 0.25) is 5.91 Å². The van der Waals surface area contributed by atoms with E-state index in [1.165, 1.54) is 0 Å². The second kappa shape index (κ2) is 7.67. The predicted molar refractivity (Wildman–Crippen MR) is 68.8 cm³/mol. The zero-order valence-electron chi connectivity index (χ0n) is 11.2. The van der Waals surface area contributed by atoms with E-state index >= 15 is 0 Å². The van der Waals surface area contributed by atoms with Crippen LogP contribution in [0.15, 0.2) is 0 Å². The van der Waals surface area contributed by atoms with Crippen LogP contribution in [0.2, 0.25) is 0 Å². The first-order valence-electron chi connectivity index (χ1n) is 6.74. The molecule has 0 aromatic heterocycles. The second-order valence-corrected chi connectivity index (χ2v) is 5.07. The number of unbranched alkanes of at least 4 members (excludes halogenated alkanes) is 1. The Kier molecular flexibility index (Phi) is 6.52. The van der Waals surface area contributed by atoms with Gasteiger partial charge >= 0.3 is 0 Å². The lowest BCUT2D eigenvalue weighted by molar-refractivity contribution is -0.131. The van der Waals surface area contributed by atoms with Gasteiger partial charge in [-0.15, -0.1) is 0 Å². The maximum Gasteiger partial charge on any atom is 0.236 e. The molecule has 1 N–H and O–H groups in total. The largest absolute Gasteiger partial charge is 0.396 e. The Bertz CT molecular complexity index is 225. The van der Waals surface area contributed by atoms with Crippen molar-refractivity contribution in [2.75, 3.05) is 39.8 Å². The van der Waals surface area contributed by atoms with Crippen molar-refractivity contribution in [2.24, 2.45) is 5.92 Å². The van der Waals surface area contributed by atoms with Gasteiger partial charge in [-0.2, -0.15) is 0 Å². The number of carbonyl (C=O) groups excluding carboxylic acids is 1. The van der Waals surface area contributed by atoms with E-state index in [1.54, 1.807) is 0 Å². The van der Waals surface area contributed by atoms with E-state index in [9.17, 15) is 4.79 Å². The Balaban J connectivity index is 2.22. The number of aliphatic hydroxyl groups excluding tert-OH is 1. The van der Waals surface area contributed by atoms with E-state index in [0.29, 0.717) is 12.5 Å². The number of piperidine rings is 1. The normalized spacial score (nSPS) is 18.3. The SMILES string of the molecule is CCCCN(C)C(=O)CN1CCC(CO)CC1. The molecule has 0 aromatic rings. The van der Waals surface area contributed by atoms with Gasteiger partial charge < -0.3 is 10.0 Å². The summed E-state index contributed by atoms with van der Waals surface area (Å²) in [7, 11) is 1.89. The number of hydrogen-bond acceptors (Lipinski definition) is 3.